The Hall–Kier alpha value is -4.50. The Bertz CT molecular complexity index is 1570. The molecule has 0 aliphatic rings. The van der Waals surface area contributed by atoms with Crippen LogP contribution >= 0.6 is 0 Å². The monoisotopic (exact) mass is 530 g/mol. The molecule has 0 radical (unpaired) electrons. The van der Waals surface area contributed by atoms with Crippen LogP contribution in [0.1, 0.15) is 31.8 Å². The highest BCUT2D eigenvalue weighted by Crippen LogP contribution is 2.36. The van der Waals surface area contributed by atoms with E-state index in [1.807, 2.05) is 6.07 Å². The second-order valence-corrected chi connectivity index (χ2v) is 10.3. The predicted molar refractivity (Wildman–Crippen MR) is 144 cm³/mol. The minimum absolute atomic E-state index is 0.0279. The maximum Gasteiger partial charge on any atom is 0.340 e. The number of esters is 1. The number of anilines is 1. The van der Waals surface area contributed by atoms with Gasteiger partial charge in [0, 0.05) is 18.0 Å². The first-order chi connectivity index (χ1) is 18.3. The third-order valence-corrected chi connectivity index (χ3v) is 7.77. The van der Waals surface area contributed by atoms with Crippen LogP contribution in [-0.4, -0.2) is 39.9 Å². The Morgan fingerprint density at radius 1 is 0.974 bits per heavy atom. The zero-order valence-electron chi connectivity index (χ0n) is 21.1. The maximum atomic E-state index is 14.1. The van der Waals surface area contributed by atoms with Gasteiger partial charge in [-0.1, -0.05) is 24.3 Å². The van der Waals surface area contributed by atoms with Gasteiger partial charge in [-0.15, -0.1) is 0 Å². The first kappa shape index (κ1) is 26.6. The van der Waals surface area contributed by atoms with Crippen molar-refractivity contribution < 1.29 is 27.5 Å². The molecule has 0 spiro atoms. The van der Waals surface area contributed by atoms with Gasteiger partial charge in [-0.3, -0.25) is 14.1 Å². The number of nitrogens with zero attached hydrogens (tertiary/aromatic N) is 2. The van der Waals surface area contributed by atoms with Crippen LogP contribution in [0.15, 0.2) is 90.1 Å². The van der Waals surface area contributed by atoms with E-state index in [4.69, 9.17) is 9.47 Å². The van der Waals surface area contributed by atoms with Crippen molar-refractivity contribution in [2.75, 3.05) is 18.5 Å². The lowest BCUT2D eigenvalue weighted by molar-refractivity contribution is 0.0601. The van der Waals surface area contributed by atoms with Gasteiger partial charge in [0.2, 0.25) is 0 Å². The third kappa shape index (κ3) is 5.42. The number of sulfonamides is 1. The van der Waals surface area contributed by atoms with Gasteiger partial charge < -0.3 is 9.47 Å². The summed E-state index contributed by atoms with van der Waals surface area (Å²) in [4.78, 5) is 28.5. The minimum atomic E-state index is -4.16. The molecule has 9 heteroatoms. The van der Waals surface area contributed by atoms with Crippen molar-refractivity contribution in [1.29, 1.82) is 0 Å². The Labute approximate surface area is 221 Å². The number of aromatic nitrogens is 1. The summed E-state index contributed by atoms with van der Waals surface area (Å²) in [5, 5.41) is 0. The van der Waals surface area contributed by atoms with Gasteiger partial charge in [0.15, 0.2) is 0 Å². The van der Waals surface area contributed by atoms with Gasteiger partial charge in [-0.2, -0.15) is 0 Å². The highest BCUT2D eigenvalue weighted by atomic mass is 32.2. The number of hydrogen-bond acceptors (Lipinski definition) is 7. The summed E-state index contributed by atoms with van der Waals surface area (Å²) in [5.74, 6) is -0.186. The first-order valence-electron chi connectivity index (χ1n) is 11.6. The zero-order valence-corrected chi connectivity index (χ0v) is 21.9. The first-order valence-corrected chi connectivity index (χ1v) is 13.1. The lowest BCUT2D eigenvalue weighted by Gasteiger charge is -2.28. The standard InChI is InChI=1S/C29H26N2O6S/c1-20-14-24(23-8-4-6-21(15-23)19-32)16-27(29(33)37-3)28(20)31(18-22-7-5-13-30-17-22)38(34,35)26-11-9-25(36-2)10-12-26/h4-17,19H,18H2,1-3H3. The zero-order chi connectivity index (χ0) is 27.3. The molecular weight excluding hydrogens is 504 g/mol. The molecule has 1 heterocycles. The van der Waals surface area contributed by atoms with E-state index in [2.05, 4.69) is 4.98 Å². The van der Waals surface area contributed by atoms with Crippen LogP contribution in [0.2, 0.25) is 0 Å². The molecule has 194 valence electrons. The van der Waals surface area contributed by atoms with Gasteiger partial charge in [0.1, 0.15) is 12.0 Å². The van der Waals surface area contributed by atoms with Gasteiger partial charge in [-0.25, -0.2) is 13.2 Å². The van der Waals surface area contributed by atoms with E-state index in [1.165, 1.54) is 30.7 Å². The Morgan fingerprint density at radius 2 is 1.74 bits per heavy atom. The fraction of sp³-hybridized carbons (Fsp3) is 0.138. The molecule has 0 fully saturated rings. The largest absolute Gasteiger partial charge is 0.497 e. The molecule has 0 aliphatic heterocycles. The SMILES string of the molecule is COC(=O)c1cc(-c2cccc(C=O)c2)cc(C)c1N(Cc1cccnc1)S(=O)(=O)c1ccc(OC)cc1. The van der Waals surface area contributed by atoms with E-state index >= 15 is 0 Å². The van der Waals surface area contributed by atoms with Crippen molar-refractivity contribution in [3.63, 3.8) is 0 Å². The number of ether oxygens (including phenoxy) is 2. The van der Waals surface area contributed by atoms with E-state index in [0.717, 1.165) is 6.29 Å². The molecule has 4 aromatic rings. The van der Waals surface area contributed by atoms with Crippen molar-refractivity contribution in [2.24, 2.45) is 0 Å². The van der Waals surface area contributed by atoms with Crippen LogP contribution in [0.3, 0.4) is 0 Å². The molecule has 8 nitrogen and oxygen atoms in total. The number of pyridine rings is 1. The lowest BCUT2D eigenvalue weighted by atomic mass is 9.97. The van der Waals surface area contributed by atoms with Crippen molar-refractivity contribution >= 4 is 28.0 Å². The predicted octanol–water partition coefficient (Wildman–Crippen LogP) is 5.06. The molecule has 0 N–H and O–H groups in total. The van der Waals surface area contributed by atoms with Crippen molar-refractivity contribution in [1.82, 2.24) is 4.98 Å². The van der Waals surface area contributed by atoms with E-state index < -0.39 is 16.0 Å². The molecular formula is C29H26N2O6S. The molecule has 3 aromatic carbocycles. The summed E-state index contributed by atoms with van der Waals surface area (Å²) in [7, 11) is -1.42. The number of rotatable bonds is 9. The van der Waals surface area contributed by atoms with Crippen LogP contribution in [-0.2, 0) is 21.3 Å². The van der Waals surface area contributed by atoms with Crippen LogP contribution < -0.4 is 9.04 Å². The fourth-order valence-corrected chi connectivity index (χ4v) is 5.69. The van der Waals surface area contributed by atoms with E-state index in [0.29, 0.717) is 33.6 Å². The Morgan fingerprint density at radius 3 is 2.37 bits per heavy atom. The number of aryl methyl sites for hydroxylation is 1. The molecule has 0 saturated heterocycles. The third-order valence-electron chi connectivity index (χ3n) is 6.01. The highest BCUT2D eigenvalue weighted by molar-refractivity contribution is 7.92. The quantitative estimate of drug-likeness (QED) is 0.220. The molecule has 0 unspecified atom stereocenters. The second-order valence-electron chi connectivity index (χ2n) is 8.47. The smallest absolute Gasteiger partial charge is 0.340 e. The van der Waals surface area contributed by atoms with E-state index in [-0.39, 0.29) is 22.7 Å². The van der Waals surface area contributed by atoms with Crippen LogP contribution in [0.25, 0.3) is 11.1 Å². The van der Waals surface area contributed by atoms with Crippen molar-refractivity contribution in [2.45, 2.75) is 18.4 Å². The second kappa shape index (κ2) is 11.3. The molecule has 0 saturated carbocycles. The Kier molecular flexibility index (Phi) is 7.87. The van der Waals surface area contributed by atoms with Gasteiger partial charge in [-0.05, 0) is 77.7 Å². The lowest BCUT2D eigenvalue weighted by Crippen LogP contribution is -2.33. The number of benzene rings is 3. The maximum absolute atomic E-state index is 14.1. The van der Waals surface area contributed by atoms with E-state index in [1.54, 1.807) is 73.9 Å². The number of aldehydes is 1. The molecule has 38 heavy (non-hydrogen) atoms. The number of carbonyl (C=O) groups is 2. The Balaban J connectivity index is 1.95. The topological polar surface area (TPSA) is 103 Å². The highest BCUT2D eigenvalue weighted by Gasteiger charge is 2.31. The summed E-state index contributed by atoms with van der Waals surface area (Å²) < 4.78 is 39.6. The summed E-state index contributed by atoms with van der Waals surface area (Å²) in [6.07, 6.45) is 3.91. The van der Waals surface area contributed by atoms with Gasteiger partial charge >= 0.3 is 5.97 Å². The number of methoxy groups -OCH3 is 2. The summed E-state index contributed by atoms with van der Waals surface area (Å²) in [6.45, 7) is 1.65. The number of hydrogen-bond donors (Lipinski definition) is 0. The van der Waals surface area contributed by atoms with Gasteiger partial charge in [0.25, 0.3) is 10.0 Å². The fourth-order valence-electron chi connectivity index (χ4n) is 4.15. The van der Waals surface area contributed by atoms with E-state index in [9.17, 15) is 18.0 Å². The van der Waals surface area contributed by atoms with Crippen LogP contribution in [0, 0.1) is 6.92 Å². The molecule has 1 aromatic heterocycles. The van der Waals surface area contributed by atoms with Crippen LogP contribution in [0.5, 0.6) is 5.75 Å². The average Bonchev–Trinajstić information content (AvgIpc) is 2.95. The van der Waals surface area contributed by atoms with Gasteiger partial charge in [0.05, 0.1) is 36.9 Å². The normalized spacial score (nSPS) is 11.0. The summed E-state index contributed by atoms with van der Waals surface area (Å²) in [6, 6.07) is 19.8. The molecule has 0 atom stereocenters. The summed E-state index contributed by atoms with van der Waals surface area (Å²) >= 11 is 0. The molecule has 0 bridgehead atoms. The molecule has 4 rings (SSSR count). The van der Waals surface area contributed by atoms with Crippen molar-refractivity contribution in [3.8, 4) is 16.9 Å². The summed E-state index contributed by atoms with van der Waals surface area (Å²) in [5.41, 5.74) is 3.23. The molecule has 0 aliphatic carbocycles. The van der Waals surface area contributed by atoms with Crippen molar-refractivity contribution in [3.05, 3.63) is 107 Å². The molecule has 0 amide bonds. The minimum Gasteiger partial charge on any atom is -0.497 e. The number of carbonyl (C=O) groups excluding carboxylic acids is 2. The average molecular weight is 531 g/mol. The van der Waals surface area contributed by atoms with Crippen LogP contribution in [0.4, 0.5) is 5.69 Å².